The Morgan fingerprint density at radius 2 is 2.05 bits per heavy atom. The van der Waals surface area contributed by atoms with E-state index in [4.69, 9.17) is 5.11 Å². The predicted molar refractivity (Wildman–Crippen MR) is 75.7 cm³/mol. The lowest BCUT2D eigenvalue weighted by Gasteiger charge is -2.17. The van der Waals surface area contributed by atoms with Gasteiger partial charge in [0.1, 0.15) is 12.1 Å². The van der Waals surface area contributed by atoms with E-state index in [0.29, 0.717) is 6.42 Å². The minimum Gasteiger partial charge on any atom is -0.481 e. The lowest BCUT2D eigenvalue weighted by atomic mass is 10.1. The summed E-state index contributed by atoms with van der Waals surface area (Å²) in [4.78, 5) is 19.8. The van der Waals surface area contributed by atoms with E-state index in [1.807, 2.05) is 0 Å². The van der Waals surface area contributed by atoms with Crippen LogP contribution in [0, 0.1) is 5.92 Å². The molecule has 2 aliphatic carbocycles. The number of aliphatic carboxylic acids is 1. The fourth-order valence-electron chi connectivity index (χ4n) is 3.35. The molecule has 3 rings (SSSR count). The molecule has 0 aliphatic heterocycles. The molecule has 0 amide bonds. The minimum absolute atomic E-state index is 0.201. The van der Waals surface area contributed by atoms with Crippen LogP contribution in [0.5, 0.6) is 0 Å². The number of rotatable bonds is 3. The van der Waals surface area contributed by atoms with Crippen molar-refractivity contribution in [2.45, 2.75) is 57.4 Å². The third-order valence-electron chi connectivity index (χ3n) is 4.50. The maximum atomic E-state index is 11.0. The normalized spacial score (nSPS) is 25.8. The number of carbonyl (C=O) groups is 1. The van der Waals surface area contributed by atoms with Gasteiger partial charge < -0.3 is 10.4 Å². The van der Waals surface area contributed by atoms with Gasteiger partial charge in [-0.15, -0.1) is 0 Å². The molecule has 0 bridgehead atoms. The van der Waals surface area contributed by atoms with Crippen LogP contribution in [0.25, 0.3) is 0 Å². The highest BCUT2D eigenvalue weighted by molar-refractivity contribution is 5.70. The van der Waals surface area contributed by atoms with Gasteiger partial charge in [0.25, 0.3) is 0 Å². The summed E-state index contributed by atoms with van der Waals surface area (Å²) in [5.74, 6) is 0.0664. The molecule has 5 heteroatoms. The number of hydrogen-bond acceptors (Lipinski definition) is 4. The molecule has 1 heterocycles. The first kappa shape index (κ1) is 13.3. The second-order valence-electron chi connectivity index (χ2n) is 5.90. The second kappa shape index (κ2) is 5.77. The van der Waals surface area contributed by atoms with Gasteiger partial charge in [0.2, 0.25) is 0 Å². The van der Waals surface area contributed by atoms with Crippen molar-refractivity contribution in [1.82, 2.24) is 9.97 Å². The van der Waals surface area contributed by atoms with E-state index in [2.05, 4.69) is 15.3 Å². The van der Waals surface area contributed by atoms with Crippen LogP contribution in [-0.2, 0) is 17.6 Å². The van der Waals surface area contributed by atoms with Crippen molar-refractivity contribution in [2.24, 2.45) is 5.92 Å². The van der Waals surface area contributed by atoms with Gasteiger partial charge in [0.05, 0.1) is 5.92 Å². The summed E-state index contributed by atoms with van der Waals surface area (Å²) in [6, 6.07) is 0.235. The molecule has 20 heavy (non-hydrogen) atoms. The number of nitrogens with one attached hydrogen (secondary N) is 1. The number of nitrogens with zero attached hydrogens (tertiary/aromatic N) is 2. The van der Waals surface area contributed by atoms with E-state index in [1.54, 1.807) is 6.33 Å². The van der Waals surface area contributed by atoms with Gasteiger partial charge in [-0.1, -0.05) is 6.42 Å². The van der Waals surface area contributed by atoms with E-state index in [1.165, 1.54) is 30.5 Å². The standard InChI is InChI=1S/C15H21N3O2/c19-15(20)10-6-7-11(8-10)18-14-12-4-2-1-3-5-13(12)16-9-17-14/h9-11H,1-8H2,(H,19,20)(H,16,17,18). The van der Waals surface area contributed by atoms with Crippen LogP contribution >= 0.6 is 0 Å². The Bertz CT molecular complexity index is 504. The smallest absolute Gasteiger partial charge is 0.306 e. The van der Waals surface area contributed by atoms with Gasteiger partial charge in [0, 0.05) is 17.3 Å². The van der Waals surface area contributed by atoms with Crippen LogP contribution in [0.15, 0.2) is 6.33 Å². The summed E-state index contributed by atoms with van der Waals surface area (Å²) in [6.45, 7) is 0. The molecule has 1 aromatic heterocycles. The van der Waals surface area contributed by atoms with E-state index in [9.17, 15) is 4.79 Å². The average molecular weight is 275 g/mol. The Labute approximate surface area is 118 Å². The zero-order valence-electron chi connectivity index (χ0n) is 11.6. The topological polar surface area (TPSA) is 75.1 Å². The molecule has 0 radical (unpaired) electrons. The van der Waals surface area contributed by atoms with E-state index in [-0.39, 0.29) is 12.0 Å². The molecule has 1 aromatic rings. The number of fused-ring (bicyclic) bond motifs is 1. The minimum atomic E-state index is -0.671. The third-order valence-corrected chi connectivity index (χ3v) is 4.50. The monoisotopic (exact) mass is 275 g/mol. The van der Waals surface area contributed by atoms with Gasteiger partial charge >= 0.3 is 5.97 Å². The number of hydrogen-bond donors (Lipinski definition) is 2. The van der Waals surface area contributed by atoms with E-state index >= 15 is 0 Å². The van der Waals surface area contributed by atoms with Crippen LogP contribution in [0.4, 0.5) is 5.82 Å². The molecule has 0 spiro atoms. The lowest BCUT2D eigenvalue weighted by molar-refractivity contribution is -0.141. The highest BCUT2D eigenvalue weighted by atomic mass is 16.4. The van der Waals surface area contributed by atoms with Gasteiger partial charge in [-0.3, -0.25) is 4.79 Å². The molecule has 1 saturated carbocycles. The summed E-state index contributed by atoms with van der Waals surface area (Å²) in [5.41, 5.74) is 2.43. The zero-order valence-corrected chi connectivity index (χ0v) is 11.6. The van der Waals surface area contributed by atoms with Crippen LogP contribution < -0.4 is 5.32 Å². The van der Waals surface area contributed by atoms with Crippen molar-refractivity contribution in [3.8, 4) is 0 Å². The first-order valence-electron chi connectivity index (χ1n) is 7.56. The average Bonchev–Trinajstić information content (AvgIpc) is 2.76. The second-order valence-corrected chi connectivity index (χ2v) is 5.90. The van der Waals surface area contributed by atoms with Crippen molar-refractivity contribution in [1.29, 1.82) is 0 Å². The first-order chi connectivity index (χ1) is 9.74. The largest absolute Gasteiger partial charge is 0.481 e. The summed E-state index contributed by atoms with van der Waals surface area (Å²) in [5, 5.41) is 12.5. The molecule has 2 unspecified atom stereocenters. The Hall–Kier alpha value is -1.65. The summed E-state index contributed by atoms with van der Waals surface area (Å²) >= 11 is 0. The Balaban J connectivity index is 1.73. The van der Waals surface area contributed by atoms with Crippen molar-refractivity contribution >= 4 is 11.8 Å². The number of anilines is 1. The van der Waals surface area contributed by atoms with Gasteiger partial charge in [-0.2, -0.15) is 0 Å². The highest BCUT2D eigenvalue weighted by Gasteiger charge is 2.30. The quantitative estimate of drug-likeness (QED) is 0.829. The van der Waals surface area contributed by atoms with Crippen LogP contribution in [0.3, 0.4) is 0 Å². The van der Waals surface area contributed by atoms with Gasteiger partial charge in [0.15, 0.2) is 0 Å². The Kier molecular flexibility index (Phi) is 3.85. The highest BCUT2D eigenvalue weighted by Crippen LogP contribution is 2.30. The van der Waals surface area contributed by atoms with E-state index in [0.717, 1.165) is 31.5 Å². The maximum Gasteiger partial charge on any atom is 0.306 e. The maximum absolute atomic E-state index is 11.0. The molecule has 1 fully saturated rings. The fraction of sp³-hybridized carbons (Fsp3) is 0.667. The van der Waals surface area contributed by atoms with Gasteiger partial charge in [-0.05, 0) is 44.9 Å². The Morgan fingerprint density at radius 3 is 2.85 bits per heavy atom. The number of carboxylic acids is 1. The fourth-order valence-corrected chi connectivity index (χ4v) is 3.35. The lowest BCUT2D eigenvalue weighted by Crippen LogP contribution is -2.20. The van der Waals surface area contributed by atoms with Crippen molar-refractivity contribution in [2.75, 3.05) is 5.32 Å². The SMILES string of the molecule is O=C(O)C1CCC(Nc2ncnc3c2CCCCC3)C1. The molecule has 2 atom stereocenters. The summed E-state index contributed by atoms with van der Waals surface area (Å²) in [7, 11) is 0. The molecular formula is C15H21N3O2. The number of aryl methyl sites for hydroxylation is 1. The van der Waals surface area contributed by atoms with Crippen molar-refractivity contribution in [3.63, 3.8) is 0 Å². The molecule has 2 N–H and O–H groups in total. The first-order valence-corrected chi connectivity index (χ1v) is 7.56. The Morgan fingerprint density at radius 1 is 1.20 bits per heavy atom. The summed E-state index contributed by atoms with van der Waals surface area (Å²) < 4.78 is 0. The molecule has 0 saturated heterocycles. The molecule has 0 aromatic carbocycles. The predicted octanol–water partition coefficient (Wildman–Crippen LogP) is 2.41. The van der Waals surface area contributed by atoms with Crippen LogP contribution in [0.1, 0.15) is 49.8 Å². The molecular weight excluding hydrogens is 254 g/mol. The molecule has 2 aliphatic rings. The van der Waals surface area contributed by atoms with Crippen LogP contribution in [0.2, 0.25) is 0 Å². The zero-order chi connectivity index (χ0) is 13.9. The van der Waals surface area contributed by atoms with Crippen LogP contribution in [-0.4, -0.2) is 27.1 Å². The molecule has 108 valence electrons. The molecule has 5 nitrogen and oxygen atoms in total. The van der Waals surface area contributed by atoms with Crippen molar-refractivity contribution in [3.05, 3.63) is 17.6 Å². The van der Waals surface area contributed by atoms with Crippen molar-refractivity contribution < 1.29 is 9.90 Å². The van der Waals surface area contributed by atoms with E-state index < -0.39 is 5.97 Å². The third kappa shape index (κ3) is 2.76. The van der Waals surface area contributed by atoms with Gasteiger partial charge in [-0.25, -0.2) is 9.97 Å². The number of carboxylic acid groups (broad SMARTS) is 1. The summed E-state index contributed by atoms with van der Waals surface area (Å²) in [6.07, 6.45) is 9.73. The number of aromatic nitrogens is 2.